The molecule has 1 aromatic rings. The van der Waals surface area contributed by atoms with Crippen molar-refractivity contribution in [3.05, 3.63) is 41.0 Å². The van der Waals surface area contributed by atoms with Crippen molar-refractivity contribution in [3.63, 3.8) is 0 Å². The Bertz CT molecular complexity index is 750. The van der Waals surface area contributed by atoms with E-state index >= 15 is 0 Å². The van der Waals surface area contributed by atoms with E-state index in [4.69, 9.17) is 9.47 Å². The van der Waals surface area contributed by atoms with Gasteiger partial charge in [0.25, 0.3) is 0 Å². The molecule has 3 aliphatic carbocycles. The zero-order valence-electron chi connectivity index (χ0n) is 16.4. The highest BCUT2D eigenvalue weighted by Gasteiger charge is 2.52. The number of esters is 1. The van der Waals surface area contributed by atoms with Crippen LogP contribution < -0.4 is 4.74 Å². The number of benzene rings is 1. The lowest BCUT2D eigenvalue weighted by Gasteiger charge is -2.51. The molecule has 3 nitrogen and oxygen atoms in total. The number of aryl methyl sites for hydroxylation is 1. The van der Waals surface area contributed by atoms with Crippen LogP contribution in [0.25, 0.3) is 0 Å². The number of fused-ring (bicyclic) bond motifs is 5. The van der Waals surface area contributed by atoms with Gasteiger partial charge in [0.05, 0.1) is 7.11 Å². The Labute approximate surface area is 156 Å². The Morgan fingerprint density at radius 1 is 1.31 bits per heavy atom. The summed E-state index contributed by atoms with van der Waals surface area (Å²) in [5, 5.41) is 0. The molecule has 1 saturated carbocycles. The Balaban J connectivity index is 1.59. The first kappa shape index (κ1) is 17.6. The summed E-state index contributed by atoms with van der Waals surface area (Å²) in [5.74, 6) is 2.86. The topological polar surface area (TPSA) is 35.5 Å². The third-order valence-corrected chi connectivity index (χ3v) is 7.36. The van der Waals surface area contributed by atoms with Crippen LogP contribution in [0.15, 0.2) is 29.8 Å². The number of hydrogen-bond acceptors (Lipinski definition) is 3. The number of ether oxygens (including phenoxy) is 2. The average molecular weight is 354 g/mol. The van der Waals surface area contributed by atoms with E-state index in [1.54, 1.807) is 12.7 Å². The maximum absolute atomic E-state index is 11.4. The van der Waals surface area contributed by atoms with E-state index in [9.17, 15) is 4.79 Å². The van der Waals surface area contributed by atoms with E-state index in [1.165, 1.54) is 37.3 Å². The minimum Gasteiger partial charge on any atom is -0.497 e. The number of carbonyl (C=O) groups is 1. The predicted octanol–water partition coefficient (Wildman–Crippen LogP) is 5.04. The van der Waals surface area contributed by atoms with Crippen LogP contribution in [0.4, 0.5) is 0 Å². The van der Waals surface area contributed by atoms with Crippen LogP contribution in [-0.4, -0.2) is 19.2 Å². The fourth-order valence-corrected chi connectivity index (χ4v) is 6.23. The second-order valence-corrected chi connectivity index (χ2v) is 8.58. The van der Waals surface area contributed by atoms with Crippen molar-refractivity contribution in [2.75, 3.05) is 7.11 Å². The van der Waals surface area contributed by atoms with Gasteiger partial charge in [0.2, 0.25) is 0 Å². The van der Waals surface area contributed by atoms with Crippen molar-refractivity contribution in [3.8, 4) is 5.75 Å². The smallest absolute Gasteiger partial charge is 0.303 e. The Hall–Kier alpha value is -1.77. The number of methoxy groups -OCH3 is 1. The number of allylic oxidation sites excluding steroid dienone is 1. The Morgan fingerprint density at radius 2 is 2.12 bits per heavy atom. The lowest BCUT2D eigenvalue weighted by atomic mass is 9.54. The van der Waals surface area contributed by atoms with Crippen molar-refractivity contribution in [2.24, 2.45) is 17.3 Å². The summed E-state index contributed by atoms with van der Waals surface area (Å²) in [6.07, 6.45) is 8.22. The normalized spacial score (nSPS) is 33.4. The molecule has 0 saturated heterocycles. The molecule has 4 rings (SSSR count). The van der Waals surface area contributed by atoms with E-state index < -0.39 is 0 Å². The molecular weight excluding hydrogens is 324 g/mol. The van der Waals surface area contributed by atoms with Crippen molar-refractivity contribution in [1.29, 1.82) is 0 Å². The summed E-state index contributed by atoms with van der Waals surface area (Å²) < 4.78 is 11.0. The number of hydrogen-bond donors (Lipinski definition) is 0. The standard InChI is InChI=1S/C23H30O3/c1-14(26-15(2)24)21-9-10-22-20-7-5-16-13-17(25-4)6-8-18(16)19(20)11-12-23(21,22)3/h6,8-9,13-14,19-20,22H,5,7,10-12H2,1-4H3/t14-,19-,20-,22+,23-/m1/s1. The van der Waals surface area contributed by atoms with Gasteiger partial charge in [-0.15, -0.1) is 0 Å². The molecule has 26 heavy (non-hydrogen) atoms. The molecule has 0 aromatic heterocycles. The van der Waals surface area contributed by atoms with Gasteiger partial charge in [0.15, 0.2) is 0 Å². The van der Waals surface area contributed by atoms with Crippen LogP contribution >= 0.6 is 0 Å². The molecule has 3 aliphatic rings. The van der Waals surface area contributed by atoms with Gasteiger partial charge >= 0.3 is 5.97 Å². The summed E-state index contributed by atoms with van der Waals surface area (Å²) in [5.41, 5.74) is 4.57. The molecule has 1 fully saturated rings. The summed E-state index contributed by atoms with van der Waals surface area (Å²) in [7, 11) is 1.75. The highest BCUT2D eigenvalue weighted by molar-refractivity contribution is 5.66. The molecular formula is C23H30O3. The maximum Gasteiger partial charge on any atom is 0.303 e. The van der Waals surface area contributed by atoms with Gasteiger partial charge in [-0.3, -0.25) is 4.79 Å². The van der Waals surface area contributed by atoms with Crippen molar-refractivity contribution in [2.45, 2.75) is 64.9 Å². The largest absolute Gasteiger partial charge is 0.497 e. The highest BCUT2D eigenvalue weighted by Crippen LogP contribution is 2.61. The SMILES string of the molecule is COc1ccc2c(c1)CC[C@@H]1[C@@H]2CC[C@]2(C)C([C@@H](C)OC(C)=O)=CC[C@@H]12. The van der Waals surface area contributed by atoms with Crippen LogP contribution in [0.5, 0.6) is 5.75 Å². The van der Waals surface area contributed by atoms with Gasteiger partial charge in [0, 0.05) is 6.92 Å². The monoisotopic (exact) mass is 354 g/mol. The van der Waals surface area contributed by atoms with Crippen LogP contribution in [-0.2, 0) is 16.0 Å². The minimum atomic E-state index is -0.181. The molecule has 0 heterocycles. The van der Waals surface area contributed by atoms with E-state index in [0.29, 0.717) is 11.8 Å². The fraction of sp³-hybridized carbons (Fsp3) is 0.609. The summed E-state index contributed by atoms with van der Waals surface area (Å²) in [6, 6.07) is 6.66. The van der Waals surface area contributed by atoms with Crippen molar-refractivity contribution < 1.29 is 14.3 Å². The van der Waals surface area contributed by atoms with E-state index in [1.807, 2.05) is 6.92 Å². The van der Waals surface area contributed by atoms with Gasteiger partial charge in [-0.05, 0) is 91.0 Å². The van der Waals surface area contributed by atoms with E-state index in [2.05, 4.69) is 31.2 Å². The molecule has 0 unspecified atom stereocenters. The first-order chi connectivity index (χ1) is 12.4. The molecule has 140 valence electrons. The van der Waals surface area contributed by atoms with Gasteiger partial charge in [-0.2, -0.15) is 0 Å². The van der Waals surface area contributed by atoms with Crippen LogP contribution in [0, 0.1) is 17.3 Å². The second kappa shape index (κ2) is 6.44. The molecule has 1 aromatic carbocycles. The Morgan fingerprint density at radius 3 is 2.85 bits per heavy atom. The zero-order chi connectivity index (χ0) is 18.5. The van der Waals surface area contributed by atoms with E-state index in [0.717, 1.165) is 24.5 Å². The first-order valence-electron chi connectivity index (χ1n) is 9.98. The highest BCUT2D eigenvalue weighted by atomic mass is 16.5. The third kappa shape index (κ3) is 2.67. The summed E-state index contributed by atoms with van der Waals surface area (Å²) in [4.78, 5) is 11.4. The molecule has 0 aliphatic heterocycles. The van der Waals surface area contributed by atoms with Crippen molar-refractivity contribution >= 4 is 5.97 Å². The lowest BCUT2D eigenvalue weighted by molar-refractivity contribution is -0.144. The zero-order valence-corrected chi connectivity index (χ0v) is 16.4. The van der Waals surface area contributed by atoms with Crippen LogP contribution in [0.3, 0.4) is 0 Å². The van der Waals surface area contributed by atoms with Crippen LogP contribution in [0.1, 0.15) is 63.5 Å². The average Bonchev–Trinajstić information content (AvgIpc) is 2.97. The molecule has 0 radical (unpaired) electrons. The predicted molar refractivity (Wildman–Crippen MR) is 102 cm³/mol. The Kier molecular flexibility index (Phi) is 4.37. The molecule has 0 amide bonds. The van der Waals surface area contributed by atoms with Gasteiger partial charge in [-0.25, -0.2) is 0 Å². The first-order valence-corrected chi connectivity index (χ1v) is 9.98. The second-order valence-electron chi connectivity index (χ2n) is 8.58. The fourth-order valence-electron chi connectivity index (χ4n) is 6.23. The third-order valence-electron chi connectivity index (χ3n) is 7.36. The van der Waals surface area contributed by atoms with Gasteiger partial charge < -0.3 is 9.47 Å². The molecule has 0 N–H and O–H groups in total. The summed E-state index contributed by atoms with van der Waals surface area (Å²) in [6.45, 7) is 5.96. The molecule has 0 bridgehead atoms. The van der Waals surface area contributed by atoms with Gasteiger partial charge in [-0.1, -0.05) is 19.1 Å². The lowest BCUT2D eigenvalue weighted by Crippen LogP contribution is -2.43. The quantitative estimate of drug-likeness (QED) is 0.563. The van der Waals surface area contributed by atoms with E-state index in [-0.39, 0.29) is 17.5 Å². The maximum atomic E-state index is 11.4. The van der Waals surface area contributed by atoms with Crippen LogP contribution in [0.2, 0.25) is 0 Å². The molecule has 3 heteroatoms. The number of carbonyl (C=O) groups excluding carboxylic acids is 1. The minimum absolute atomic E-state index is 0.0980. The summed E-state index contributed by atoms with van der Waals surface area (Å²) >= 11 is 0. The molecule has 0 spiro atoms. The molecule has 5 atom stereocenters. The van der Waals surface area contributed by atoms with Crippen molar-refractivity contribution in [1.82, 2.24) is 0 Å². The number of rotatable bonds is 3. The van der Waals surface area contributed by atoms with Gasteiger partial charge in [0.1, 0.15) is 11.9 Å².